The van der Waals surface area contributed by atoms with E-state index in [-0.39, 0.29) is 48.5 Å². The van der Waals surface area contributed by atoms with Crippen molar-refractivity contribution in [2.45, 2.75) is 38.3 Å². The van der Waals surface area contributed by atoms with Crippen molar-refractivity contribution in [3.8, 4) is 5.82 Å². The van der Waals surface area contributed by atoms with Crippen LogP contribution in [0.5, 0.6) is 0 Å². The maximum Gasteiger partial charge on any atom is 0.337 e. The summed E-state index contributed by atoms with van der Waals surface area (Å²) < 4.78 is 54.0. The van der Waals surface area contributed by atoms with E-state index in [1.165, 1.54) is 61.4 Å². The highest BCUT2D eigenvalue weighted by molar-refractivity contribution is 5.98. The summed E-state index contributed by atoms with van der Waals surface area (Å²) in [5.74, 6) is -2.53. The zero-order valence-electron chi connectivity index (χ0n) is 25.2. The molecule has 1 N–H and O–H groups in total. The van der Waals surface area contributed by atoms with Crippen molar-refractivity contribution in [3.63, 3.8) is 0 Å². The summed E-state index contributed by atoms with van der Waals surface area (Å²) >= 11 is 0. The third kappa shape index (κ3) is 6.49. The van der Waals surface area contributed by atoms with E-state index in [1.54, 1.807) is 4.90 Å². The molecule has 2 atom stereocenters. The van der Waals surface area contributed by atoms with Crippen LogP contribution in [0.1, 0.15) is 27.9 Å². The van der Waals surface area contributed by atoms with Gasteiger partial charge in [-0.1, -0.05) is 6.07 Å². The zero-order chi connectivity index (χ0) is 33.1. The van der Waals surface area contributed by atoms with Crippen LogP contribution in [0, 0.1) is 12.7 Å². The number of nitrogens with one attached hydrogen (secondary N) is 1. The summed E-state index contributed by atoms with van der Waals surface area (Å²) in [4.78, 5) is 61.8. The number of aromatic nitrogens is 4. The topological polar surface area (TPSA) is 138 Å². The van der Waals surface area contributed by atoms with Crippen LogP contribution in [0.2, 0.25) is 0 Å². The first-order chi connectivity index (χ1) is 22.0. The average Bonchev–Trinajstić information content (AvgIpc) is 3.03. The molecule has 242 valence electrons. The summed E-state index contributed by atoms with van der Waals surface area (Å²) in [6.07, 6.45) is 1.07. The number of amides is 1. The van der Waals surface area contributed by atoms with Gasteiger partial charge in [0, 0.05) is 44.5 Å². The number of hydrogen-bond donors (Lipinski definition) is 1. The number of carbonyl (C=O) groups is 2. The smallest absolute Gasteiger partial charge is 0.337 e. The maximum absolute atomic E-state index is 15.4. The van der Waals surface area contributed by atoms with Gasteiger partial charge in [-0.2, -0.15) is 0 Å². The second kappa shape index (κ2) is 13.5. The van der Waals surface area contributed by atoms with Gasteiger partial charge in [0.15, 0.2) is 0 Å². The lowest BCUT2D eigenvalue weighted by Crippen LogP contribution is -2.46. The first-order valence-corrected chi connectivity index (χ1v) is 14.3. The van der Waals surface area contributed by atoms with E-state index in [2.05, 4.69) is 15.3 Å². The standard InChI is InChI=1S/C31H31F3N6O6/c1-17-10-19(39-8-9-46-16-20(39)13-25(33)34)12-22(32)27(17)28(41)37-23(30(43)45-3)11-18-4-5-26(36-14-18)40-29(42)21-6-7-35-15-24(21)38(2)31(40)44/h4-7,10,12,14-15,20,23,25H,8-9,11,13,16H2,1-3H3,(H,37,41)/t20-,23+/m1/s1. The van der Waals surface area contributed by atoms with Crippen molar-refractivity contribution >= 4 is 28.5 Å². The van der Waals surface area contributed by atoms with Crippen molar-refractivity contribution < 1.29 is 32.2 Å². The molecule has 4 heterocycles. The Kier molecular flexibility index (Phi) is 9.51. The number of ether oxygens (including phenoxy) is 2. The van der Waals surface area contributed by atoms with Crippen LogP contribution in [0.15, 0.2) is 58.5 Å². The molecule has 0 spiro atoms. The fourth-order valence-electron chi connectivity index (χ4n) is 5.54. The van der Waals surface area contributed by atoms with E-state index in [0.717, 1.165) is 17.7 Å². The largest absolute Gasteiger partial charge is 0.467 e. The average molecular weight is 641 g/mol. The zero-order valence-corrected chi connectivity index (χ0v) is 25.2. The number of methoxy groups -OCH3 is 1. The number of alkyl halides is 2. The number of anilines is 1. The minimum Gasteiger partial charge on any atom is -0.467 e. The van der Waals surface area contributed by atoms with E-state index in [4.69, 9.17) is 9.47 Å². The number of halogens is 3. The van der Waals surface area contributed by atoms with Crippen molar-refractivity contribution in [2.24, 2.45) is 7.05 Å². The van der Waals surface area contributed by atoms with E-state index < -0.39 is 53.9 Å². The Hall–Kier alpha value is -5.05. The molecule has 1 saturated heterocycles. The van der Waals surface area contributed by atoms with Gasteiger partial charge >= 0.3 is 11.7 Å². The lowest BCUT2D eigenvalue weighted by Gasteiger charge is -2.37. The monoisotopic (exact) mass is 640 g/mol. The minimum absolute atomic E-state index is 0.0422. The van der Waals surface area contributed by atoms with Crippen LogP contribution in [0.3, 0.4) is 0 Å². The Bertz CT molecular complexity index is 1870. The molecule has 0 saturated carbocycles. The molecule has 0 aliphatic carbocycles. The van der Waals surface area contributed by atoms with Crippen molar-refractivity contribution in [1.29, 1.82) is 0 Å². The van der Waals surface area contributed by atoms with Gasteiger partial charge in [-0.05, 0) is 42.3 Å². The molecule has 0 radical (unpaired) electrons. The molecule has 1 aromatic carbocycles. The van der Waals surface area contributed by atoms with Crippen LogP contribution in [0.4, 0.5) is 18.9 Å². The molecule has 15 heteroatoms. The SMILES string of the molecule is COC(=O)[C@H](Cc1ccc(-n2c(=O)c3ccncc3n(C)c2=O)nc1)NC(=O)c1c(C)cc(N2CCOC[C@H]2CC(F)F)cc1F. The number of esters is 1. The first kappa shape index (κ1) is 32.3. The Balaban J connectivity index is 1.37. The van der Waals surface area contributed by atoms with Gasteiger partial charge < -0.3 is 19.7 Å². The van der Waals surface area contributed by atoms with Crippen LogP contribution >= 0.6 is 0 Å². The summed E-state index contributed by atoms with van der Waals surface area (Å²) in [5.41, 5.74) is -0.143. The van der Waals surface area contributed by atoms with Gasteiger partial charge in [-0.3, -0.25) is 19.1 Å². The van der Waals surface area contributed by atoms with Gasteiger partial charge in [0.05, 0.1) is 49.0 Å². The normalized spacial score (nSPS) is 15.6. The quantitative estimate of drug-likeness (QED) is 0.273. The highest BCUT2D eigenvalue weighted by atomic mass is 19.3. The number of nitrogens with zero attached hydrogens (tertiary/aromatic N) is 5. The summed E-state index contributed by atoms with van der Waals surface area (Å²) in [6.45, 7) is 2.14. The van der Waals surface area contributed by atoms with E-state index >= 15 is 4.39 Å². The molecule has 4 aromatic rings. The van der Waals surface area contributed by atoms with E-state index in [0.29, 0.717) is 16.8 Å². The van der Waals surface area contributed by atoms with Crippen molar-refractivity contribution in [3.05, 3.63) is 92.3 Å². The van der Waals surface area contributed by atoms with Crippen LogP contribution in [0.25, 0.3) is 16.7 Å². The lowest BCUT2D eigenvalue weighted by atomic mass is 10.0. The Morgan fingerprint density at radius 2 is 1.96 bits per heavy atom. The third-order valence-corrected chi connectivity index (χ3v) is 7.85. The molecule has 1 aliphatic rings. The predicted molar refractivity (Wildman–Crippen MR) is 161 cm³/mol. The van der Waals surface area contributed by atoms with Crippen molar-refractivity contribution in [2.75, 3.05) is 31.8 Å². The molecular formula is C31H31F3N6O6. The van der Waals surface area contributed by atoms with Gasteiger partial charge in [-0.25, -0.2) is 32.3 Å². The van der Waals surface area contributed by atoms with Crippen LogP contribution in [-0.2, 0) is 27.7 Å². The number of pyridine rings is 2. The minimum atomic E-state index is -2.57. The molecule has 1 amide bonds. The fourth-order valence-corrected chi connectivity index (χ4v) is 5.54. The van der Waals surface area contributed by atoms with Crippen LogP contribution in [-0.4, -0.2) is 76.4 Å². The molecule has 1 aliphatic heterocycles. The van der Waals surface area contributed by atoms with Gasteiger partial charge in [0.25, 0.3) is 11.5 Å². The van der Waals surface area contributed by atoms with E-state index in [1.807, 2.05) is 0 Å². The number of aryl methyl sites for hydroxylation is 2. The molecule has 0 bridgehead atoms. The Morgan fingerprint density at radius 1 is 1.17 bits per heavy atom. The van der Waals surface area contributed by atoms with Gasteiger partial charge in [0.2, 0.25) is 6.43 Å². The Labute approximate surface area is 260 Å². The van der Waals surface area contributed by atoms with Gasteiger partial charge in [0.1, 0.15) is 17.7 Å². The third-order valence-electron chi connectivity index (χ3n) is 7.85. The summed E-state index contributed by atoms with van der Waals surface area (Å²) in [5, 5.41) is 2.78. The molecule has 5 rings (SSSR count). The molecule has 0 unspecified atom stereocenters. The number of fused-ring (bicyclic) bond motifs is 1. The second-order valence-corrected chi connectivity index (χ2v) is 10.8. The first-order valence-electron chi connectivity index (χ1n) is 14.3. The number of morpholine rings is 1. The molecular weight excluding hydrogens is 609 g/mol. The number of benzene rings is 1. The second-order valence-electron chi connectivity index (χ2n) is 10.8. The summed E-state index contributed by atoms with van der Waals surface area (Å²) in [6, 6.07) is 5.20. The molecule has 3 aromatic heterocycles. The van der Waals surface area contributed by atoms with Gasteiger partial charge in [-0.15, -0.1) is 0 Å². The van der Waals surface area contributed by atoms with E-state index in [9.17, 15) is 28.0 Å². The molecule has 12 nitrogen and oxygen atoms in total. The highest BCUT2D eigenvalue weighted by Crippen LogP contribution is 2.28. The van der Waals surface area contributed by atoms with Crippen LogP contribution < -0.4 is 21.5 Å². The Morgan fingerprint density at radius 3 is 2.63 bits per heavy atom. The molecule has 46 heavy (non-hydrogen) atoms. The number of rotatable bonds is 9. The number of carbonyl (C=O) groups excluding carboxylic acids is 2. The predicted octanol–water partition coefficient (Wildman–Crippen LogP) is 2.30. The number of hydrogen-bond acceptors (Lipinski definition) is 9. The van der Waals surface area contributed by atoms with Crippen molar-refractivity contribution in [1.82, 2.24) is 24.4 Å². The maximum atomic E-state index is 15.4. The summed E-state index contributed by atoms with van der Waals surface area (Å²) in [7, 11) is 2.64. The lowest BCUT2D eigenvalue weighted by molar-refractivity contribution is -0.142. The highest BCUT2D eigenvalue weighted by Gasteiger charge is 2.29. The molecule has 1 fully saturated rings. The fraction of sp³-hybridized carbons (Fsp3) is 0.355.